The summed E-state index contributed by atoms with van der Waals surface area (Å²) in [4.78, 5) is 18.5. The minimum absolute atomic E-state index is 0.179. The predicted octanol–water partition coefficient (Wildman–Crippen LogP) is 2.73. The summed E-state index contributed by atoms with van der Waals surface area (Å²) in [6.07, 6.45) is 1.37. The first-order chi connectivity index (χ1) is 9.63. The van der Waals surface area contributed by atoms with Crippen molar-refractivity contribution in [1.82, 2.24) is 9.97 Å². The molecule has 0 aliphatic rings. The fourth-order valence-electron chi connectivity index (χ4n) is 1.85. The first kappa shape index (κ1) is 12.6. The number of furan rings is 1. The molecule has 20 heavy (non-hydrogen) atoms. The normalized spacial score (nSPS) is 11.0. The molecular weight excluding hydrogens is 278 g/mol. The van der Waals surface area contributed by atoms with Crippen LogP contribution in [-0.2, 0) is 5.75 Å². The molecule has 0 spiro atoms. The number of thioether (sulfide) groups is 1. The second-order valence-electron chi connectivity index (χ2n) is 4.17. The van der Waals surface area contributed by atoms with Gasteiger partial charge in [0.1, 0.15) is 11.3 Å². The summed E-state index contributed by atoms with van der Waals surface area (Å²) >= 11 is 1.38. The molecule has 0 bridgehead atoms. The molecule has 0 unspecified atom stereocenters. The van der Waals surface area contributed by atoms with Gasteiger partial charge in [-0.3, -0.25) is 0 Å². The maximum Gasteiger partial charge on any atom is 0.339 e. The van der Waals surface area contributed by atoms with Crippen LogP contribution in [0.15, 0.2) is 40.1 Å². The van der Waals surface area contributed by atoms with Gasteiger partial charge in [-0.05, 0) is 24.3 Å². The lowest BCUT2D eigenvalue weighted by atomic mass is 10.3. The lowest BCUT2D eigenvalue weighted by Gasteiger charge is -1.96. The molecule has 2 aromatic heterocycles. The number of aromatic amines is 1. The van der Waals surface area contributed by atoms with Crippen molar-refractivity contribution >= 4 is 34.5 Å². The van der Waals surface area contributed by atoms with E-state index < -0.39 is 5.97 Å². The Morgan fingerprint density at radius 1 is 1.45 bits per heavy atom. The average molecular weight is 289 g/mol. The van der Waals surface area contributed by atoms with Crippen molar-refractivity contribution in [3.05, 3.63) is 41.9 Å². The van der Waals surface area contributed by atoms with Crippen LogP contribution >= 0.6 is 11.8 Å². The van der Waals surface area contributed by atoms with E-state index in [0.717, 1.165) is 11.0 Å². The predicted molar refractivity (Wildman–Crippen MR) is 75.7 cm³/mol. The summed E-state index contributed by atoms with van der Waals surface area (Å²) < 4.78 is 5.18. The number of carboxylic acid groups (broad SMARTS) is 1. The number of nitrogen functional groups attached to an aromatic ring is 1. The van der Waals surface area contributed by atoms with Gasteiger partial charge in [-0.25, -0.2) is 9.78 Å². The Morgan fingerprint density at radius 3 is 3.10 bits per heavy atom. The number of carbonyl (C=O) groups is 1. The second kappa shape index (κ2) is 4.93. The molecule has 0 radical (unpaired) electrons. The van der Waals surface area contributed by atoms with Crippen LogP contribution in [0.2, 0.25) is 0 Å². The zero-order chi connectivity index (χ0) is 14.1. The maximum atomic E-state index is 11.0. The Morgan fingerprint density at radius 2 is 2.30 bits per heavy atom. The van der Waals surface area contributed by atoms with Crippen molar-refractivity contribution in [2.45, 2.75) is 10.9 Å². The van der Waals surface area contributed by atoms with E-state index in [0.29, 0.717) is 22.4 Å². The number of aromatic carboxylic acids is 1. The van der Waals surface area contributed by atoms with Crippen LogP contribution in [0.3, 0.4) is 0 Å². The lowest BCUT2D eigenvalue weighted by molar-refractivity contribution is 0.0695. The van der Waals surface area contributed by atoms with Crippen molar-refractivity contribution in [1.29, 1.82) is 0 Å². The van der Waals surface area contributed by atoms with Crippen LogP contribution in [0.1, 0.15) is 16.1 Å². The van der Waals surface area contributed by atoms with Crippen molar-refractivity contribution in [3.63, 3.8) is 0 Å². The number of rotatable bonds is 4. The fraction of sp³-hybridized carbons (Fsp3) is 0.0769. The van der Waals surface area contributed by atoms with E-state index >= 15 is 0 Å². The minimum atomic E-state index is -0.994. The number of H-pyrrole nitrogens is 1. The molecular formula is C13H11N3O3S. The van der Waals surface area contributed by atoms with Gasteiger partial charge in [0.15, 0.2) is 5.16 Å². The van der Waals surface area contributed by atoms with Crippen LogP contribution in [-0.4, -0.2) is 21.0 Å². The highest BCUT2D eigenvalue weighted by Gasteiger charge is 2.14. The topological polar surface area (TPSA) is 105 Å². The minimum Gasteiger partial charge on any atom is -0.478 e. The van der Waals surface area contributed by atoms with Crippen LogP contribution in [0.4, 0.5) is 5.69 Å². The molecule has 7 heteroatoms. The SMILES string of the molecule is Nc1ccc2nc(SCc3occc3C(=O)O)[nH]c2c1. The van der Waals surface area contributed by atoms with Gasteiger partial charge < -0.3 is 20.2 Å². The van der Waals surface area contributed by atoms with E-state index in [2.05, 4.69) is 9.97 Å². The third-order valence-electron chi connectivity index (χ3n) is 2.80. The van der Waals surface area contributed by atoms with Gasteiger partial charge in [-0.1, -0.05) is 11.8 Å². The van der Waals surface area contributed by atoms with E-state index in [9.17, 15) is 4.79 Å². The van der Waals surface area contributed by atoms with E-state index in [1.165, 1.54) is 24.1 Å². The van der Waals surface area contributed by atoms with E-state index in [4.69, 9.17) is 15.3 Å². The first-order valence-corrected chi connectivity index (χ1v) is 6.80. The molecule has 0 fully saturated rings. The highest BCUT2D eigenvalue weighted by Crippen LogP contribution is 2.25. The Balaban J connectivity index is 1.79. The standard InChI is InChI=1S/C13H11N3O3S/c14-7-1-2-9-10(5-7)16-13(15-9)20-6-11-8(12(17)18)3-4-19-11/h1-5H,6,14H2,(H,15,16)(H,17,18). The largest absolute Gasteiger partial charge is 0.478 e. The van der Waals surface area contributed by atoms with Gasteiger partial charge in [0.2, 0.25) is 0 Å². The number of fused-ring (bicyclic) bond motifs is 1. The Kier molecular flexibility index (Phi) is 3.11. The maximum absolute atomic E-state index is 11.0. The molecule has 3 aromatic rings. The summed E-state index contributed by atoms with van der Waals surface area (Å²) in [5.41, 5.74) is 8.22. The van der Waals surface area contributed by atoms with Gasteiger partial charge in [0, 0.05) is 5.69 Å². The lowest BCUT2D eigenvalue weighted by Crippen LogP contribution is -1.97. The molecule has 0 aliphatic carbocycles. The van der Waals surface area contributed by atoms with Crippen molar-refractivity contribution in [3.8, 4) is 0 Å². The molecule has 0 aliphatic heterocycles. The smallest absolute Gasteiger partial charge is 0.339 e. The first-order valence-electron chi connectivity index (χ1n) is 5.81. The summed E-state index contributed by atoms with van der Waals surface area (Å²) in [6.45, 7) is 0. The molecule has 0 saturated heterocycles. The van der Waals surface area contributed by atoms with Crippen molar-refractivity contribution in [2.75, 3.05) is 5.73 Å². The Labute approximate surface area is 118 Å². The van der Waals surface area contributed by atoms with E-state index in [1.54, 1.807) is 6.07 Å². The fourth-order valence-corrected chi connectivity index (χ4v) is 2.69. The van der Waals surface area contributed by atoms with Gasteiger partial charge in [-0.2, -0.15) is 0 Å². The van der Waals surface area contributed by atoms with Crippen LogP contribution < -0.4 is 5.73 Å². The average Bonchev–Trinajstić information content (AvgIpc) is 3.01. The summed E-state index contributed by atoms with van der Waals surface area (Å²) in [5.74, 6) is -0.182. The van der Waals surface area contributed by atoms with Crippen LogP contribution in [0, 0.1) is 0 Å². The Bertz CT molecular complexity index is 778. The molecule has 2 heterocycles. The molecule has 4 N–H and O–H groups in total. The number of carboxylic acids is 1. The second-order valence-corrected chi connectivity index (χ2v) is 5.13. The molecule has 0 amide bonds. The van der Waals surface area contributed by atoms with Crippen molar-refractivity contribution in [2.24, 2.45) is 0 Å². The highest BCUT2D eigenvalue weighted by atomic mass is 32.2. The molecule has 3 rings (SSSR count). The number of benzene rings is 1. The number of anilines is 1. The number of imidazole rings is 1. The third-order valence-corrected chi connectivity index (χ3v) is 3.67. The third kappa shape index (κ3) is 2.35. The van der Waals surface area contributed by atoms with E-state index in [1.807, 2.05) is 12.1 Å². The van der Waals surface area contributed by atoms with Crippen LogP contribution in [0.25, 0.3) is 11.0 Å². The van der Waals surface area contributed by atoms with Gasteiger partial charge >= 0.3 is 5.97 Å². The molecule has 102 valence electrons. The van der Waals surface area contributed by atoms with E-state index in [-0.39, 0.29) is 5.56 Å². The number of nitrogens with one attached hydrogen (secondary N) is 1. The zero-order valence-corrected chi connectivity index (χ0v) is 11.1. The summed E-state index contributed by atoms with van der Waals surface area (Å²) in [7, 11) is 0. The number of nitrogens with zero attached hydrogens (tertiary/aromatic N) is 1. The van der Waals surface area contributed by atoms with Crippen LogP contribution in [0.5, 0.6) is 0 Å². The number of nitrogens with two attached hydrogens (primary N) is 1. The number of aromatic nitrogens is 2. The zero-order valence-electron chi connectivity index (χ0n) is 10.3. The number of hydrogen-bond donors (Lipinski definition) is 3. The molecule has 6 nitrogen and oxygen atoms in total. The summed E-state index contributed by atoms with van der Waals surface area (Å²) in [6, 6.07) is 6.87. The Hall–Kier alpha value is -2.41. The van der Waals surface area contributed by atoms with Crippen molar-refractivity contribution < 1.29 is 14.3 Å². The monoisotopic (exact) mass is 289 g/mol. The summed E-state index contributed by atoms with van der Waals surface area (Å²) in [5, 5.41) is 9.68. The highest BCUT2D eigenvalue weighted by molar-refractivity contribution is 7.98. The molecule has 1 aromatic carbocycles. The molecule has 0 atom stereocenters. The number of hydrogen-bond acceptors (Lipinski definition) is 5. The molecule has 0 saturated carbocycles. The van der Waals surface area contributed by atoms with Gasteiger partial charge in [0.25, 0.3) is 0 Å². The van der Waals surface area contributed by atoms with Gasteiger partial charge in [-0.15, -0.1) is 0 Å². The quantitative estimate of drug-likeness (QED) is 0.504. The van der Waals surface area contributed by atoms with Gasteiger partial charge in [0.05, 0.1) is 23.0 Å².